The zero-order valence-corrected chi connectivity index (χ0v) is 11.8. The Morgan fingerprint density at radius 1 is 1.10 bits per heavy atom. The van der Waals surface area contributed by atoms with Crippen molar-refractivity contribution >= 4 is 5.91 Å². The Labute approximate surface area is 119 Å². The van der Waals surface area contributed by atoms with Crippen molar-refractivity contribution in [3.05, 3.63) is 29.8 Å². The van der Waals surface area contributed by atoms with Crippen molar-refractivity contribution in [3.8, 4) is 0 Å². The van der Waals surface area contributed by atoms with Crippen molar-refractivity contribution in [1.29, 1.82) is 0 Å². The summed E-state index contributed by atoms with van der Waals surface area (Å²) in [5.74, 6) is -0.551. The maximum Gasteiger partial charge on any atom is 0.255 e. The molecule has 2 aliphatic rings. The van der Waals surface area contributed by atoms with Gasteiger partial charge in [0.05, 0.1) is 5.56 Å². The molecule has 1 aliphatic carbocycles. The summed E-state index contributed by atoms with van der Waals surface area (Å²) in [7, 11) is 0. The summed E-state index contributed by atoms with van der Waals surface area (Å²) in [4.78, 5) is 17.8. The molecule has 1 aliphatic heterocycles. The Balaban J connectivity index is 1.62. The molecular weight excluding hydrogens is 255 g/mol. The van der Waals surface area contributed by atoms with Crippen LogP contribution in [-0.2, 0) is 0 Å². The number of likely N-dealkylation sites (tertiary alicyclic amines) is 1. The zero-order chi connectivity index (χ0) is 14.0. The molecule has 0 N–H and O–H groups in total. The lowest BCUT2D eigenvalue weighted by Crippen LogP contribution is -2.43. The summed E-state index contributed by atoms with van der Waals surface area (Å²) in [6.45, 7) is 1.66. The van der Waals surface area contributed by atoms with Gasteiger partial charge in [-0.25, -0.2) is 4.98 Å². The average Bonchev–Trinajstić information content (AvgIpc) is 2.49. The van der Waals surface area contributed by atoms with E-state index >= 15 is 0 Å². The van der Waals surface area contributed by atoms with E-state index < -0.39 is 5.95 Å². The van der Waals surface area contributed by atoms with E-state index in [2.05, 4.69) is 4.98 Å². The van der Waals surface area contributed by atoms with Crippen LogP contribution in [0.1, 0.15) is 55.3 Å². The summed E-state index contributed by atoms with van der Waals surface area (Å²) < 4.78 is 12.8. The fraction of sp³-hybridized carbons (Fsp3) is 0.625. The summed E-state index contributed by atoms with van der Waals surface area (Å²) >= 11 is 0. The molecule has 108 valence electrons. The van der Waals surface area contributed by atoms with Gasteiger partial charge in [-0.2, -0.15) is 4.39 Å². The van der Waals surface area contributed by atoms with Gasteiger partial charge in [0.25, 0.3) is 5.91 Å². The van der Waals surface area contributed by atoms with Gasteiger partial charge in [0, 0.05) is 19.3 Å². The number of amides is 1. The highest BCUT2D eigenvalue weighted by Crippen LogP contribution is 2.44. The maximum absolute atomic E-state index is 12.8. The van der Waals surface area contributed by atoms with Crippen molar-refractivity contribution in [2.45, 2.75) is 44.9 Å². The molecule has 3 nitrogen and oxygen atoms in total. The summed E-state index contributed by atoms with van der Waals surface area (Å²) in [5.41, 5.74) is 0.988. The molecule has 2 heterocycles. The largest absolute Gasteiger partial charge is 0.339 e. The van der Waals surface area contributed by atoms with E-state index in [0.29, 0.717) is 11.0 Å². The first-order valence-corrected chi connectivity index (χ1v) is 7.59. The van der Waals surface area contributed by atoms with E-state index in [0.717, 1.165) is 25.9 Å². The molecule has 0 radical (unpaired) electrons. The molecule has 20 heavy (non-hydrogen) atoms. The molecule has 4 heteroatoms. The number of carbonyl (C=O) groups excluding carboxylic acids is 1. The normalized spacial score (nSPS) is 21.9. The molecule has 1 aromatic rings. The number of pyridine rings is 1. The number of aromatic nitrogens is 1. The van der Waals surface area contributed by atoms with Crippen molar-refractivity contribution in [3.63, 3.8) is 0 Å². The smallest absolute Gasteiger partial charge is 0.255 e. The minimum Gasteiger partial charge on any atom is -0.339 e. The molecule has 0 unspecified atom stereocenters. The van der Waals surface area contributed by atoms with Crippen molar-refractivity contribution in [2.75, 3.05) is 13.1 Å². The fourth-order valence-electron chi connectivity index (χ4n) is 3.67. The van der Waals surface area contributed by atoms with Gasteiger partial charge in [0.15, 0.2) is 0 Å². The Morgan fingerprint density at radius 3 is 2.40 bits per heavy atom. The molecule has 1 spiro atoms. The Morgan fingerprint density at radius 2 is 1.80 bits per heavy atom. The van der Waals surface area contributed by atoms with Crippen LogP contribution in [0.2, 0.25) is 0 Å². The van der Waals surface area contributed by atoms with Gasteiger partial charge in [-0.3, -0.25) is 4.79 Å². The van der Waals surface area contributed by atoms with Crippen LogP contribution in [0, 0.1) is 11.4 Å². The lowest BCUT2D eigenvalue weighted by Gasteiger charge is -2.44. The Bertz CT molecular complexity index is 470. The molecule has 0 bridgehead atoms. The number of nitrogens with zero attached hydrogens (tertiary/aromatic N) is 2. The van der Waals surface area contributed by atoms with Crippen LogP contribution in [-0.4, -0.2) is 28.9 Å². The van der Waals surface area contributed by atoms with Gasteiger partial charge in [-0.15, -0.1) is 0 Å². The van der Waals surface area contributed by atoms with Gasteiger partial charge in [0.2, 0.25) is 5.95 Å². The number of piperidine rings is 1. The number of carbonyl (C=O) groups is 1. The van der Waals surface area contributed by atoms with Crippen LogP contribution in [0.3, 0.4) is 0 Å². The third-order valence-electron chi connectivity index (χ3n) is 5.00. The fourth-order valence-corrected chi connectivity index (χ4v) is 3.67. The Kier molecular flexibility index (Phi) is 3.72. The standard InChI is InChI=1S/C16H21FN2O/c17-14-5-4-13(12-18-14)15(20)19-10-8-16(9-11-19)6-2-1-3-7-16/h4-5,12H,1-3,6-11H2. The van der Waals surface area contributed by atoms with Gasteiger partial charge in [-0.05, 0) is 43.2 Å². The molecule has 0 atom stereocenters. The maximum atomic E-state index is 12.8. The van der Waals surface area contributed by atoms with Crippen molar-refractivity contribution in [1.82, 2.24) is 9.88 Å². The molecule has 1 saturated carbocycles. The van der Waals surface area contributed by atoms with Gasteiger partial charge >= 0.3 is 0 Å². The number of hydrogen-bond acceptors (Lipinski definition) is 2. The Hall–Kier alpha value is -1.45. The third kappa shape index (κ3) is 2.69. The first kappa shape index (κ1) is 13.5. The van der Waals surface area contributed by atoms with E-state index in [4.69, 9.17) is 0 Å². The second kappa shape index (κ2) is 5.51. The first-order valence-electron chi connectivity index (χ1n) is 7.59. The van der Waals surface area contributed by atoms with E-state index in [1.54, 1.807) is 0 Å². The molecular formula is C16H21FN2O. The van der Waals surface area contributed by atoms with Gasteiger partial charge in [-0.1, -0.05) is 19.3 Å². The third-order valence-corrected chi connectivity index (χ3v) is 5.00. The van der Waals surface area contributed by atoms with Gasteiger partial charge in [0.1, 0.15) is 0 Å². The summed E-state index contributed by atoms with van der Waals surface area (Å²) in [6, 6.07) is 2.77. The van der Waals surface area contributed by atoms with Crippen LogP contribution >= 0.6 is 0 Å². The number of halogens is 1. The van der Waals surface area contributed by atoms with Crippen LogP contribution in [0.4, 0.5) is 4.39 Å². The minimum absolute atomic E-state index is 0.0110. The summed E-state index contributed by atoms with van der Waals surface area (Å²) in [6.07, 6.45) is 10.3. The van der Waals surface area contributed by atoms with Crippen LogP contribution < -0.4 is 0 Å². The molecule has 1 aromatic heterocycles. The van der Waals surface area contributed by atoms with Crippen molar-refractivity contribution in [2.24, 2.45) is 5.41 Å². The average molecular weight is 276 g/mol. The predicted octanol–water partition coefficient (Wildman–Crippen LogP) is 3.41. The quantitative estimate of drug-likeness (QED) is 0.736. The highest BCUT2D eigenvalue weighted by atomic mass is 19.1. The van der Waals surface area contributed by atoms with E-state index in [1.165, 1.54) is 50.4 Å². The minimum atomic E-state index is -0.540. The lowest BCUT2D eigenvalue weighted by molar-refractivity contribution is 0.0471. The van der Waals surface area contributed by atoms with Crippen molar-refractivity contribution < 1.29 is 9.18 Å². The molecule has 2 fully saturated rings. The molecule has 1 amide bonds. The number of hydrogen-bond donors (Lipinski definition) is 0. The lowest BCUT2D eigenvalue weighted by atomic mass is 9.68. The second-order valence-electron chi connectivity index (χ2n) is 6.22. The summed E-state index contributed by atoms with van der Waals surface area (Å²) in [5, 5.41) is 0. The highest BCUT2D eigenvalue weighted by Gasteiger charge is 2.36. The number of rotatable bonds is 1. The predicted molar refractivity (Wildman–Crippen MR) is 74.9 cm³/mol. The van der Waals surface area contributed by atoms with Crippen LogP contribution in [0.15, 0.2) is 18.3 Å². The van der Waals surface area contributed by atoms with Gasteiger partial charge < -0.3 is 4.90 Å². The topological polar surface area (TPSA) is 33.2 Å². The monoisotopic (exact) mass is 276 g/mol. The second-order valence-corrected chi connectivity index (χ2v) is 6.22. The highest BCUT2D eigenvalue weighted by molar-refractivity contribution is 5.93. The van der Waals surface area contributed by atoms with Crippen LogP contribution in [0.25, 0.3) is 0 Å². The van der Waals surface area contributed by atoms with E-state index in [-0.39, 0.29) is 5.91 Å². The zero-order valence-electron chi connectivity index (χ0n) is 11.8. The van der Waals surface area contributed by atoms with E-state index in [1.807, 2.05) is 4.90 Å². The SMILES string of the molecule is O=C(c1ccc(F)nc1)N1CCC2(CCCCC2)CC1. The van der Waals surface area contributed by atoms with Crippen LogP contribution in [0.5, 0.6) is 0 Å². The molecule has 1 saturated heterocycles. The molecule has 3 rings (SSSR count). The molecule has 0 aromatic carbocycles. The van der Waals surface area contributed by atoms with E-state index in [9.17, 15) is 9.18 Å². The first-order chi connectivity index (χ1) is 9.69.